The molecule has 0 atom stereocenters. The van der Waals surface area contributed by atoms with Crippen molar-refractivity contribution < 1.29 is 4.79 Å². The first kappa shape index (κ1) is 12.6. The van der Waals surface area contributed by atoms with Crippen LogP contribution in [0.1, 0.15) is 46.3 Å². The molecule has 0 unspecified atom stereocenters. The van der Waals surface area contributed by atoms with E-state index in [1.165, 1.54) is 30.5 Å². The van der Waals surface area contributed by atoms with Gasteiger partial charge in [0, 0.05) is 29.9 Å². The van der Waals surface area contributed by atoms with Crippen molar-refractivity contribution in [2.75, 3.05) is 18.0 Å². The Morgan fingerprint density at radius 2 is 1.57 bits per heavy atom. The molecule has 2 aliphatic rings. The molecule has 1 heterocycles. The molecule has 0 aromatic heterocycles. The van der Waals surface area contributed by atoms with Gasteiger partial charge in [-0.1, -0.05) is 30.3 Å². The minimum atomic E-state index is 0.186. The molecule has 106 valence electrons. The zero-order valence-corrected chi connectivity index (χ0v) is 12.1. The molecule has 1 aliphatic carbocycles. The molecule has 21 heavy (non-hydrogen) atoms. The van der Waals surface area contributed by atoms with Crippen molar-refractivity contribution in [2.45, 2.75) is 25.7 Å². The first-order valence-corrected chi connectivity index (χ1v) is 7.83. The second-order valence-corrected chi connectivity index (χ2v) is 6.05. The fourth-order valence-corrected chi connectivity index (χ4v) is 3.53. The Bertz CT molecular complexity index is 698. The van der Waals surface area contributed by atoms with Crippen LogP contribution in [0.25, 0.3) is 0 Å². The summed E-state index contributed by atoms with van der Waals surface area (Å²) in [6.45, 7) is 2.23. The van der Waals surface area contributed by atoms with Crippen LogP contribution in [0.5, 0.6) is 0 Å². The van der Waals surface area contributed by atoms with Gasteiger partial charge in [-0.3, -0.25) is 4.79 Å². The molecule has 4 rings (SSSR count). The summed E-state index contributed by atoms with van der Waals surface area (Å²) in [7, 11) is 0. The zero-order chi connectivity index (χ0) is 14.2. The van der Waals surface area contributed by atoms with Crippen molar-refractivity contribution in [1.82, 2.24) is 0 Å². The lowest BCUT2D eigenvalue weighted by atomic mass is 9.85. The predicted octanol–water partition coefficient (Wildman–Crippen LogP) is 3.81. The van der Waals surface area contributed by atoms with Crippen LogP contribution < -0.4 is 4.90 Å². The highest BCUT2D eigenvalue weighted by Crippen LogP contribution is 2.30. The van der Waals surface area contributed by atoms with Crippen LogP contribution in [-0.2, 0) is 6.42 Å². The van der Waals surface area contributed by atoms with Crippen LogP contribution in [0, 0.1) is 0 Å². The van der Waals surface area contributed by atoms with Crippen LogP contribution in [0.4, 0.5) is 5.69 Å². The SMILES string of the molecule is O=C1c2ccccc2Cc2ccc(N3CCCCC3)cc21. The van der Waals surface area contributed by atoms with Crippen molar-refractivity contribution in [3.63, 3.8) is 0 Å². The third-order valence-electron chi connectivity index (χ3n) is 4.70. The van der Waals surface area contributed by atoms with Crippen LogP contribution in [0.2, 0.25) is 0 Å². The number of fused-ring (bicyclic) bond motifs is 2. The minimum Gasteiger partial charge on any atom is -0.372 e. The summed E-state index contributed by atoms with van der Waals surface area (Å²) in [6.07, 6.45) is 4.72. The average Bonchev–Trinajstić information content (AvgIpc) is 2.56. The Kier molecular flexibility index (Phi) is 3.03. The largest absolute Gasteiger partial charge is 0.372 e. The van der Waals surface area contributed by atoms with Gasteiger partial charge in [-0.15, -0.1) is 0 Å². The lowest BCUT2D eigenvalue weighted by Gasteiger charge is -2.30. The Balaban J connectivity index is 1.73. The van der Waals surface area contributed by atoms with Crippen LogP contribution >= 0.6 is 0 Å². The average molecular weight is 277 g/mol. The first-order valence-electron chi connectivity index (χ1n) is 7.83. The summed E-state index contributed by atoms with van der Waals surface area (Å²) in [4.78, 5) is 15.1. The molecule has 1 aliphatic heterocycles. The predicted molar refractivity (Wildman–Crippen MR) is 85.2 cm³/mol. The molecular weight excluding hydrogens is 258 g/mol. The number of hydrogen-bond acceptors (Lipinski definition) is 2. The highest BCUT2D eigenvalue weighted by Gasteiger charge is 2.24. The van der Waals surface area contributed by atoms with E-state index in [4.69, 9.17) is 0 Å². The zero-order valence-electron chi connectivity index (χ0n) is 12.1. The smallest absolute Gasteiger partial charge is 0.193 e. The van der Waals surface area contributed by atoms with Gasteiger partial charge >= 0.3 is 0 Å². The van der Waals surface area contributed by atoms with Gasteiger partial charge in [-0.25, -0.2) is 0 Å². The Labute approximate surface area is 125 Å². The number of hydrogen-bond donors (Lipinski definition) is 0. The number of benzene rings is 2. The molecule has 2 heteroatoms. The third-order valence-corrected chi connectivity index (χ3v) is 4.70. The van der Waals surface area contributed by atoms with E-state index in [1.54, 1.807) is 0 Å². The molecule has 1 fully saturated rings. The van der Waals surface area contributed by atoms with Gasteiger partial charge in [-0.05, 0) is 48.9 Å². The molecule has 2 nitrogen and oxygen atoms in total. The standard InChI is InChI=1S/C19H19NO/c21-19-17-7-3-2-6-14(17)12-15-8-9-16(13-18(15)19)20-10-4-1-5-11-20/h2-3,6-9,13H,1,4-5,10-12H2. The monoisotopic (exact) mass is 277 g/mol. The van der Waals surface area contributed by atoms with Crippen LogP contribution in [-0.4, -0.2) is 18.9 Å². The van der Waals surface area contributed by atoms with E-state index in [0.29, 0.717) is 0 Å². The van der Waals surface area contributed by atoms with Crippen molar-refractivity contribution in [1.29, 1.82) is 0 Å². The quantitative estimate of drug-likeness (QED) is 0.674. The minimum absolute atomic E-state index is 0.186. The summed E-state index contributed by atoms with van der Waals surface area (Å²) in [5, 5.41) is 0. The van der Waals surface area contributed by atoms with E-state index in [0.717, 1.165) is 36.2 Å². The molecule has 0 N–H and O–H groups in total. The summed E-state index contributed by atoms with van der Waals surface area (Å²) in [5.41, 5.74) is 5.30. The van der Waals surface area contributed by atoms with Gasteiger partial charge < -0.3 is 4.90 Å². The summed E-state index contributed by atoms with van der Waals surface area (Å²) in [5.74, 6) is 0.186. The lowest BCUT2D eigenvalue weighted by molar-refractivity contribution is 0.103. The molecule has 0 amide bonds. The number of piperidine rings is 1. The fraction of sp³-hybridized carbons (Fsp3) is 0.316. The molecule has 0 spiro atoms. The molecular formula is C19H19NO. The van der Waals surface area contributed by atoms with E-state index in [-0.39, 0.29) is 5.78 Å². The normalized spacial score (nSPS) is 17.3. The van der Waals surface area contributed by atoms with Gasteiger partial charge in [0.05, 0.1) is 0 Å². The highest BCUT2D eigenvalue weighted by atomic mass is 16.1. The third kappa shape index (κ3) is 2.15. The van der Waals surface area contributed by atoms with E-state index < -0.39 is 0 Å². The molecule has 0 saturated carbocycles. The number of carbonyl (C=O) groups excluding carboxylic acids is 1. The van der Waals surface area contributed by atoms with E-state index in [9.17, 15) is 4.79 Å². The summed E-state index contributed by atoms with van der Waals surface area (Å²) in [6, 6.07) is 14.4. The Morgan fingerprint density at radius 3 is 2.43 bits per heavy atom. The number of anilines is 1. The van der Waals surface area contributed by atoms with Gasteiger partial charge in [0.1, 0.15) is 0 Å². The maximum Gasteiger partial charge on any atom is 0.193 e. The van der Waals surface area contributed by atoms with E-state index in [1.807, 2.05) is 18.2 Å². The highest BCUT2D eigenvalue weighted by molar-refractivity contribution is 6.12. The van der Waals surface area contributed by atoms with Gasteiger partial charge in [0.25, 0.3) is 0 Å². The van der Waals surface area contributed by atoms with Gasteiger partial charge in [0.15, 0.2) is 5.78 Å². The number of ketones is 1. The lowest BCUT2D eigenvalue weighted by Crippen LogP contribution is -2.29. The van der Waals surface area contributed by atoms with Gasteiger partial charge in [-0.2, -0.15) is 0 Å². The summed E-state index contributed by atoms with van der Waals surface area (Å²) >= 11 is 0. The molecule has 1 saturated heterocycles. The van der Waals surface area contributed by atoms with Crippen LogP contribution in [0.3, 0.4) is 0 Å². The maximum absolute atomic E-state index is 12.7. The Morgan fingerprint density at radius 1 is 0.810 bits per heavy atom. The van der Waals surface area contributed by atoms with E-state index >= 15 is 0 Å². The second kappa shape index (κ2) is 5.03. The first-order chi connectivity index (χ1) is 10.3. The summed E-state index contributed by atoms with van der Waals surface area (Å²) < 4.78 is 0. The van der Waals surface area contributed by atoms with Crippen molar-refractivity contribution >= 4 is 11.5 Å². The second-order valence-electron chi connectivity index (χ2n) is 6.05. The maximum atomic E-state index is 12.7. The Hall–Kier alpha value is -2.09. The van der Waals surface area contributed by atoms with Crippen molar-refractivity contribution in [3.05, 3.63) is 64.7 Å². The number of nitrogens with zero attached hydrogens (tertiary/aromatic N) is 1. The van der Waals surface area contributed by atoms with Crippen molar-refractivity contribution in [2.24, 2.45) is 0 Å². The number of rotatable bonds is 1. The van der Waals surface area contributed by atoms with Crippen molar-refractivity contribution in [3.8, 4) is 0 Å². The fourth-order valence-electron chi connectivity index (χ4n) is 3.53. The van der Waals surface area contributed by atoms with Gasteiger partial charge in [0.2, 0.25) is 0 Å². The topological polar surface area (TPSA) is 20.3 Å². The molecule has 0 bridgehead atoms. The molecule has 0 radical (unpaired) electrons. The molecule has 2 aromatic rings. The van der Waals surface area contributed by atoms with Crippen LogP contribution in [0.15, 0.2) is 42.5 Å². The molecule has 2 aromatic carbocycles. The number of carbonyl (C=O) groups is 1. The van der Waals surface area contributed by atoms with E-state index in [2.05, 4.69) is 29.2 Å².